The first-order valence-electron chi connectivity index (χ1n) is 6.18. The summed E-state index contributed by atoms with van der Waals surface area (Å²) in [4.78, 5) is 1.23. The van der Waals surface area contributed by atoms with Gasteiger partial charge in [-0.25, -0.2) is 0 Å². The van der Waals surface area contributed by atoms with Gasteiger partial charge in [0.25, 0.3) is 0 Å². The van der Waals surface area contributed by atoms with E-state index < -0.39 is 0 Å². The van der Waals surface area contributed by atoms with E-state index in [1.165, 1.54) is 17.7 Å². The Bertz CT molecular complexity index is 477. The molecule has 0 unspecified atom stereocenters. The van der Waals surface area contributed by atoms with Crippen LogP contribution >= 0.6 is 11.3 Å². The fourth-order valence-electron chi connectivity index (χ4n) is 1.69. The number of hydrogen-bond donors (Lipinski definition) is 1. The first-order chi connectivity index (χ1) is 8.90. The van der Waals surface area contributed by atoms with Gasteiger partial charge in [0.1, 0.15) is 6.61 Å². The van der Waals surface area contributed by atoms with Crippen LogP contribution in [0.25, 0.3) is 0 Å². The van der Waals surface area contributed by atoms with Gasteiger partial charge in [-0.1, -0.05) is 11.2 Å². The molecule has 2 aromatic heterocycles. The third kappa shape index (κ3) is 3.41. The lowest BCUT2D eigenvalue weighted by atomic mass is 10.3. The molecule has 96 valence electrons. The van der Waals surface area contributed by atoms with Crippen molar-refractivity contribution in [2.45, 2.75) is 38.6 Å². The molecule has 2 heterocycles. The average molecular weight is 264 g/mol. The van der Waals surface area contributed by atoms with Crippen LogP contribution < -0.4 is 5.32 Å². The fraction of sp³-hybridized carbons (Fsp3) is 0.462. The van der Waals surface area contributed by atoms with Crippen LogP contribution in [0.5, 0.6) is 0 Å². The topological polar surface area (TPSA) is 47.3 Å². The van der Waals surface area contributed by atoms with Gasteiger partial charge in [0.05, 0.1) is 12.3 Å². The van der Waals surface area contributed by atoms with Gasteiger partial charge in [-0.2, -0.15) is 0 Å². The number of nitrogens with zero attached hydrogens (tertiary/aromatic N) is 1. The largest absolute Gasteiger partial charge is 0.368 e. The lowest BCUT2D eigenvalue weighted by Gasteiger charge is -1.98. The van der Waals surface area contributed by atoms with Crippen molar-refractivity contribution in [2.75, 3.05) is 0 Å². The summed E-state index contributed by atoms with van der Waals surface area (Å²) in [5.41, 5.74) is 0.955. The Hall–Kier alpha value is -1.17. The van der Waals surface area contributed by atoms with Gasteiger partial charge in [0, 0.05) is 23.5 Å². The van der Waals surface area contributed by atoms with E-state index in [9.17, 15) is 0 Å². The highest BCUT2D eigenvalue weighted by Crippen LogP contribution is 2.19. The minimum Gasteiger partial charge on any atom is -0.368 e. The van der Waals surface area contributed by atoms with E-state index in [0.717, 1.165) is 18.0 Å². The standard InChI is InChI=1S/C13H16N2O2S/c1-2-13(18-5-1)9-16-8-12-6-11(15-17-12)7-14-10-3-4-10/h1-2,5-6,10,14H,3-4,7-9H2. The molecule has 0 saturated heterocycles. The van der Waals surface area contributed by atoms with Crippen LogP contribution in [0.15, 0.2) is 28.1 Å². The first kappa shape index (κ1) is 11.9. The predicted molar refractivity (Wildman–Crippen MR) is 69.2 cm³/mol. The molecule has 0 amide bonds. The molecule has 1 fully saturated rings. The molecule has 0 spiro atoms. The molecule has 0 radical (unpaired) electrons. The van der Waals surface area contributed by atoms with Crippen molar-refractivity contribution in [2.24, 2.45) is 0 Å². The van der Waals surface area contributed by atoms with Gasteiger partial charge >= 0.3 is 0 Å². The molecule has 18 heavy (non-hydrogen) atoms. The SMILES string of the molecule is c1csc(COCc2cc(CNC3CC3)no2)c1. The van der Waals surface area contributed by atoms with E-state index in [4.69, 9.17) is 9.26 Å². The molecule has 1 saturated carbocycles. The average Bonchev–Trinajstić information content (AvgIpc) is 2.89. The molecule has 2 aromatic rings. The highest BCUT2D eigenvalue weighted by Gasteiger charge is 2.20. The summed E-state index contributed by atoms with van der Waals surface area (Å²) in [6.45, 7) is 1.90. The second kappa shape index (κ2) is 5.65. The molecular weight excluding hydrogens is 248 g/mol. The number of ether oxygens (including phenoxy) is 1. The van der Waals surface area contributed by atoms with E-state index in [1.807, 2.05) is 12.1 Å². The highest BCUT2D eigenvalue weighted by molar-refractivity contribution is 7.09. The fourth-order valence-corrected chi connectivity index (χ4v) is 2.33. The van der Waals surface area contributed by atoms with Gasteiger partial charge in [-0.3, -0.25) is 0 Å². The van der Waals surface area contributed by atoms with Crippen LogP contribution in [0, 0.1) is 0 Å². The number of nitrogens with one attached hydrogen (secondary N) is 1. The highest BCUT2D eigenvalue weighted by atomic mass is 32.1. The van der Waals surface area contributed by atoms with E-state index in [0.29, 0.717) is 19.3 Å². The third-order valence-corrected chi connectivity index (χ3v) is 3.68. The van der Waals surface area contributed by atoms with Crippen molar-refractivity contribution in [3.05, 3.63) is 39.9 Å². The summed E-state index contributed by atoms with van der Waals surface area (Å²) in [6, 6.07) is 6.75. The maximum absolute atomic E-state index is 5.57. The number of aromatic nitrogens is 1. The zero-order chi connectivity index (χ0) is 12.2. The maximum Gasteiger partial charge on any atom is 0.162 e. The molecule has 0 aromatic carbocycles. The Morgan fingerprint density at radius 3 is 3.17 bits per heavy atom. The molecule has 1 N–H and O–H groups in total. The van der Waals surface area contributed by atoms with Gasteiger partial charge in [0.2, 0.25) is 0 Å². The monoisotopic (exact) mass is 264 g/mol. The molecular formula is C13H16N2O2S. The molecule has 4 nitrogen and oxygen atoms in total. The molecule has 1 aliphatic rings. The number of hydrogen-bond acceptors (Lipinski definition) is 5. The smallest absolute Gasteiger partial charge is 0.162 e. The molecule has 0 atom stereocenters. The van der Waals surface area contributed by atoms with Crippen molar-refractivity contribution in [1.82, 2.24) is 10.5 Å². The van der Waals surface area contributed by atoms with Gasteiger partial charge < -0.3 is 14.6 Å². The van der Waals surface area contributed by atoms with Crippen LogP contribution in [0.3, 0.4) is 0 Å². The predicted octanol–water partition coefficient (Wildman–Crippen LogP) is 2.70. The lowest BCUT2D eigenvalue weighted by molar-refractivity contribution is 0.0901. The van der Waals surface area contributed by atoms with Crippen LogP contribution in [-0.2, 0) is 24.5 Å². The third-order valence-electron chi connectivity index (χ3n) is 2.83. The molecule has 5 heteroatoms. The molecule has 0 aliphatic heterocycles. The van der Waals surface area contributed by atoms with Crippen LogP contribution in [0.1, 0.15) is 29.2 Å². The summed E-state index contributed by atoms with van der Waals surface area (Å²) in [5, 5.41) is 9.47. The van der Waals surface area contributed by atoms with Gasteiger partial charge in [0.15, 0.2) is 5.76 Å². The summed E-state index contributed by atoms with van der Waals surface area (Å²) < 4.78 is 10.8. The van der Waals surface area contributed by atoms with Crippen LogP contribution in [0.4, 0.5) is 0 Å². The minimum atomic E-state index is 0.480. The zero-order valence-electron chi connectivity index (χ0n) is 10.1. The summed E-state index contributed by atoms with van der Waals surface area (Å²) in [7, 11) is 0. The van der Waals surface area contributed by atoms with E-state index in [2.05, 4.69) is 21.9 Å². The van der Waals surface area contributed by atoms with E-state index in [1.54, 1.807) is 11.3 Å². The Labute approximate surface area is 110 Å². The van der Waals surface area contributed by atoms with Crippen molar-refractivity contribution in [3.8, 4) is 0 Å². The minimum absolute atomic E-state index is 0.480. The number of rotatable bonds is 7. The Morgan fingerprint density at radius 2 is 2.39 bits per heavy atom. The molecule has 3 rings (SSSR count). The summed E-state index contributed by atoms with van der Waals surface area (Å²) in [5.74, 6) is 0.791. The van der Waals surface area contributed by atoms with Crippen molar-refractivity contribution in [1.29, 1.82) is 0 Å². The normalized spacial score (nSPS) is 15.1. The lowest BCUT2D eigenvalue weighted by Crippen LogP contribution is -2.15. The van der Waals surface area contributed by atoms with Crippen molar-refractivity contribution in [3.63, 3.8) is 0 Å². The first-order valence-corrected chi connectivity index (χ1v) is 7.06. The number of thiophene rings is 1. The Balaban J connectivity index is 1.41. The van der Waals surface area contributed by atoms with Crippen molar-refractivity contribution >= 4 is 11.3 Å². The summed E-state index contributed by atoms with van der Waals surface area (Å²) in [6.07, 6.45) is 2.57. The molecule has 0 bridgehead atoms. The Kier molecular flexibility index (Phi) is 3.73. The van der Waals surface area contributed by atoms with E-state index in [-0.39, 0.29) is 0 Å². The maximum atomic E-state index is 5.57. The Morgan fingerprint density at radius 1 is 1.44 bits per heavy atom. The van der Waals surface area contributed by atoms with Gasteiger partial charge in [-0.15, -0.1) is 11.3 Å². The summed E-state index contributed by atoms with van der Waals surface area (Å²) >= 11 is 1.70. The second-order valence-electron chi connectivity index (χ2n) is 4.51. The van der Waals surface area contributed by atoms with Crippen LogP contribution in [0.2, 0.25) is 0 Å². The second-order valence-corrected chi connectivity index (χ2v) is 5.54. The van der Waals surface area contributed by atoms with Gasteiger partial charge in [-0.05, 0) is 24.3 Å². The quantitative estimate of drug-likeness (QED) is 0.835. The van der Waals surface area contributed by atoms with E-state index >= 15 is 0 Å². The zero-order valence-corrected chi connectivity index (χ0v) is 10.9. The van der Waals surface area contributed by atoms with Crippen molar-refractivity contribution < 1.29 is 9.26 Å². The van der Waals surface area contributed by atoms with Crippen LogP contribution in [-0.4, -0.2) is 11.2 Å². The molecule has 1 aliphatic carbocycles.